The van der Waals surface area contributed by atoms with Crippen molar-refractivity contribution < 1.29 is 26.4 Å². The molecule has 1 aliphatic heterocycles. The molecule has 0 saturated carbocycles. The normalized spacial score (nSPS) is 14.8. The molecule has 6 N–H and O–H groups in total. The van der Waals surface area contributed by atoms with Crippen molar-refractivity contribution in [3.63, 3.8) is 0 Å². The molecule has 5 rings (SSSR count). The summed E-state index contributed by atoms with van der Waals surface area (Å²) in [5.74, 6) is -1.71. The van der Waals surface area contributed by atoms with Crippen molar-refractivity contribution in [2.45, 2.75) is 19.6 Å². The van der Waals surface area contributed by atoms with Gasteiger partial charge in [0.1, 0.15) is 0 Å². The molecule has 4 aromatic rings. The summed E-state index contributed by atoms with van der Waals surface area (Å²) in [5.41, 5.74) is 13.0. The zero-order chi connectivity index (χ0) is 30.1. The van der Waals surface area contributed by atoms with Crippen LogP contribution < -0.4 is 22.1 Å². The summed E-state index contributed by atoms with van der Waals surface area (Å²) < 4.78 is 51.7. The van der Waals surface area contributed by atoms with E-state index in [-0.39, 0.29) is 31.1 Å². The van der Waals surface area contributed by atoms with Gasteiger partial charge in [-0.3, -0.25) is 9.59 Å². The summed E-state index contributed by atoms with van der Waals surface area (Å²) in [5, 5.41) is 5.38. The van der Waals surface area contributed by atoms with Crippen LogP contribution in [0.15, 0.2) is 133 Å². The standard InChI is InChI=1S/C29H23N5O6S2/c30-18-1-9-22(10-2-18)41(37,38)24-13-5-20(6-14-24)32-26-17-27(35)29(36)34-28(26)33-21-7-15-25(16-8-21)42(39,40)23-11-3-19(31)4-12-23/h1-17,32H,30-31H2,(H,33,34,36). The zero-order valence-electron chi connectivity index (χ0n) is 21.7. The van der Waals surface area contributed by atoms with Crippen molar-refractivity contribution in [1.29, 1.82) is 0 Å². The largest absolute Gasteiger partial charge is 0.399 e. The summed E-state index contributed by atoms with van der Waals surface area (Å²) in [4.78, 5) is 28.8. The summed E-state index contributed by atoms with van der Waals surface area (Å²) in [6.45, 7) is 0. The molecule has 0 aliphatic carbocycles. The average Bonchev–Trinajstić information content (AvgIpc) is 2.97. The minimum absolute atomic E-state index is 0.00677. The van der Waals surface area contributed by atoms with Crippen molar-refractivity contribution >= 4 is 60.0 Å². The number of amidine groups is 1. The lowest BCUT2D eigenvalue weighted by atomic mass is 10.2. The molecule has 0 bridgehead atoms. The van der Waals surface area contributed by atoms with Crippen molar-refractivity contribution in [2.75, 3.05) is 16.8 Å². The maximum absolute atomic E-state index is 12.9. The second-order valence-electron chi connectivity index (χ2n) is 9.13. The van der Waals surface area contributed by atoms with Gasteiger partial charge in [0.2, 0.25) is 25.5 Å². The molecule has 0 spiro atoms. The number of ketones is 1. The van der Waals surface area contributed by atoms with Gasteiger partial charge in [0, 0.05) is 23.1 Å². The van der Waals surface area contributed by atoms with Crippen LogP contribution in [-0.2, 0) is 29.3 Å². The Labute approximate surface area is 241 Å². The Kier molecular flexibility index (Phi) is 7.37. The molecule has 0 radical (unpaired) electrons. The molecule has 13 heteroatoms. The molecule has 0 atom stereocenters. The summed E-state index contributed by atoms with van der Waals surface area (Å²) in [6, 6.07) is 23.1. The van der Waals surface area contributed by atoms with E-state index in [2.05, 4.69) is 15.6 Å². The van der Waals surface area contributed by atoms with Crippen LogP contribution in [-0.4, -0.2) is 34.4 Å². The number of amides is 1. The third-order valence-corrected chi connectivity index (χ3v) is 9.77. The molecule has 0 fully saturated rings. The highest BCUT2D eigenvalue weighted by Crippen LogP contribution is 2.26. The van der Waals surface area contributed by atoms with Crippen LogP contribution in [0.1, 0.15) is 0 Å². The monoisotopic (exact) mass is 601 g/mol. The Bertz CT molecular complexity index is 1970. The van der Waals surface area contributed by atoms with E-state index >= 15 is 0 Å². The minimum atomic E-state index is -3.80. The zero-order valence-corrected chi connectivity index (χ0v) is 23.3. The number of sulfone groups is 2. The quantitative estimate of drug-likeness (QED) is 0.182. The predicted octanol–water partition coefficient (Wildman–Crippen LogP) is 3.24. The Morgan fingerprint density at radius 1 is 0.595 bits per heavy atom. The van der Waals surface area contributed by atoms with Crippen LogP contribution in [0, 0.1) is 0 Å². The Morgan fingerprint density at radius 2 is 1.00 bits per heavy atom. The highest BCUT2D eigenvalue weighted by molar-refractivity contribution is 7.91. The van der Waals surface area contributed by atoms with Gasteiger partial charge in [-0.15, -0.1) is 0 Å². The molecule has 1 heterocycles. The van der Waals surface area contributed by atoms with Crippen LogP contribution in [0.4, 0.5) is 22.7 Å². The van der Waals surface area contributed by atoms with Crippen molar-refractivity contribution in [3.8, 4) is 0 Å². The van der Waals surface area contributed by atoms with Crippen LogP contribution in [0.2, 0.25) is 0 Å². The molecule has 0 aromatic heterocycles. The van der Waals surface area contributed by atoms with E-state index in [9.17, 15) is 26.4 Å². The lowest BCUT2D eigenvalue weighted by molar-refractivity contribution is -0.134. The van der Waals surface area contributed by atoms with Gasteiger partial charge in [-0.2, -0.15) is 0 Å². The maximum atomic E-state index is 12.9. The lowest BCUT2D eigenvalue weighted by Crippen LogP contribution is -2.42. The molecular weight excluding hydrogens is 578 g/mol. The molecule has 42 heavy (non-hydrogen) atoms. The summed E-state index contributed by atoms with van der Waals surface area (Å²) >= 11 is 0. The van der Waals surface area contributed by atoms with E-state index < -0.39 is 31.4 Å². The molecule has 4 aromatic carbocycles. The lowest BCUT2D eigenvalue weighted by Gasteiger charge is -2.18. The molecule has 0 unspecified atom stereocenters. The molecule has 11 nitrogen and oxygen atoms in total. The van der Waals surface area contributed by atoms with Gasteiger partial charge in [-0.05, 0) is 97.1 Å². The average molecular weight is 602 g/mol. The number of anilines is 3. The number of benzene rings is 4. The number of aliphatic imine (C=N–C) groups is 1. The second kappa shape index (κ2) is 11.0. The predicted molar refractivity (Wildman–Crippen MR) is 157 cm³/mol. The number of nitrogens with zero attached hydrogens (tertiary/aromatic N) is 1. The van der Waals surface area contributed by atoms with Gasteiger partial charge in [0.15, 0.2) is 5.84 Å². The van der Waals surface area contributed by atoms with Crippen LogP contribution in [0.3, 0.4) is 0 Å². The van der Waals surface area contributed by atoms with Gasteiger partial charge in [-0.25, -0.2) is 21.8 Å². The maximum Gasteiger partial charge on any atom is 0.297 e. The van der Waals surface area contributed by atoms with Crippen LogP contribution in [0.25, 0.3) is 0 Å². The van der Waals surface area contributed by atoms with Gasteiger partial charge < -0.3 is 22.1 Å². The van der Waals surface area contributed by atoms with Gasteiger partial charge in [-0.1, -0.05) is 0 Å². The first-order valence-electron chi connectivity index (χ1n) is 12.3. The first-order valence-corrected chi connectivity index (χ1v) is 15.2. The second-order valence-corrected chi connectivity index (χ2v) is 13.0. The summed E-state index contributed by atoms with van der Waals surface area (Å²) in [7, 11) is -7.59. The molecule has 0 saturated heterocycles. The fraction of sp³-hybridized carbons (Fsp3) is 0. The molecule has 212 valence electrons. The SMILES string of the molecule is Nc1ccc(S(=O)(=O)c2ccc(N=C3NC(=O)C(=O)C=C3Nc3ccc(S(=O)(=O)c4ccc(N)cc4)cc3)cc2)cc1. The van der Waals surface area contributed by atoms with E-state index in [1.807, 2.05) is 0 Å². The Hall–Kier alpha value is -5.27. The van der Waals surface area contributed by atoms with Gasteiger partial charge in [0.05, 0.1) is 31.0 Å². The minimum Gasteiger partial charge on any atom is -0.399 e. The third-order valence-electron chi connectivity index (χ3n) is 6.20. The van der Waals surface area contributed by atoms with Crippen LogP contribution in [0.5, 0.6) is 0 Å². The van der Waals surface area contributed by atoms with E-state index in [1.54, 1.807) is 0 Å². The number of carbonyl (C=O) groups is 2. The third kappa shape index (κ3) is 5.77. The van der Waals surface area contributed by atoms with Crippen molar-refractivity contribution in [1.82, 2.24) is 5.32 Å². The first-order chi connectivity index (χ1) is 19.9. The number of nitrogens with one attached hydrogen (secondary N) is 2. The topological polar surface area (TPSA) is 191 Å². The van der Waals surface area contributed by atoms with Crippen molar-refractivity contribution in [3.05, 3.63) is 109 Å². The number of hydrogen-bond acceptors (Lipinski definition) is 10. The number of rotatable bonds is 7. The Balaban J connectivity index is 1.39. The van der Waals surface area contributed by atoms with E-state index in [0.717, 1.165) is 6.08 Å². The fourth-order valence-electron chi connectivity index (χ4n) is 3.95. The number of carbonyl (C=O) groups excluding carboxylic acids is 2. The first kappa shape index (κ1) is 28.3. The van der Waals surface area contributed by atoms with Gasteiger partial charge in [0.25, 0.3) is 5.91 Å². The molecule has 1 amide bonds. The fourth-order valence-corrected chi connectivity index (χ4v) is 6.47. The highest BCUT2D eigenvalue weighted by atomic mass is 32.2. The number of nitrogen functional groups attached to an aromatic ring is 2. The number of nitrogens with two attached hydrogens (primary N) is 2. The Morgan fingerprint density at radius 3 is 1.45 bits per heavy atom. The number of hydrogen-bond donors (Lipinski definition) is 4. The van der Waals surface area contributed by atoms with Gasteiger partial charge >= 0.3 is 0 Å². The smallest absolute Gasteiger partial charge is 0.297 e. The van der Waals surface area contributed by atoms with E-state index in [0.29, 0.717) is 22.7 Å². The van der Waals surface area contributed by atoms with E-state index in [4.69, 9.17) is 11.5 Å². The highest BCUT2D eigenvalue weighted by Gasteiger charge is 2.25. The molecular formula is C29H23N5O6S2. The van der Waals surface area contributed by atoms with E-state index in [1.165, 1.54) is 97.1 Å². The van der Waals surface area contributed by atoms with Crippen LogP contribution >= 0.6 is 0 Å². The molecule has 1 aliphatic rings. The summed E-state index contributed by atoms with van der Waals surface area (Å²) in [6.07, 6.45) is 1.07. The van der Waals surface area contributed by atoms with Crippen molar-refractivity contribution in [2.24, 2.45) is 4.99 Å².